The lowest BCUT2D eigenvalue weighted by atomic mass is 9.98. The fourth-order valence-corrected chi connectivity index (χ4v) is 1.76. The molecule has 1 unspecified atom stereocenters. The molecule has 0 heterocycles. The van der Waals surface area contributed by atoms with Crippen LogP contribution < -0.4 is 5.73 Å². The molecule has 0 aliphatic rings. The van der Waals surface area contributed by atoms with Crippen molar-refractivity contribution in [2.45, 2.75) is 44.8 Å². The second-order valence-corrected chi connectivity index (χ2v) is 4.36. The Balaban J connectivity index is 2.57. The molecule has 0 radical (unpaired) electrons. The van der Waals surface area contributed by atoms with Gasteiger partial charge in [0.05, 0.1) is 6.10 Å². The van der Waals surface area contributed by atoms with E-state index in [9.17, 15) is 13.9 Å². The second-order valence-electron chi connectivity index (χ2n) is 4.36. The maximum atomic E-state index is 12.9. The summed E-state index contributed by atoms with van der Waals surface area (Å²) in [6.07, 6.45) is 2.15. The van der Waals surface area contributed by atoms with Crippen molar-refractivity contribution in [2.24, 2.45) is 5.73 Å². The molecule has 0 amide bonds. The van der Waals surface area contributed by atoms with E-state index in [1.807, 2.05) is 6.92 Å². The molecule has 1 rings (SSSR count). The quantitative estimate of drug-likeness (QED) is 0.805. The normalized spacial score (nSPS) is 14.6. The largest absolute Gasteiger partial charge is 0.392 e. The maximum Gasteiger partial charge on any atom is 0.126 e. The van der Waals surface area contributed by atoms with Crippen LogP contribution in [0.3, 0.4) is 0 Å². The highest BCUT2D eigenvalue weighted by molar-refractivity contribution is 5.19. The maximum absolute atomic E-state index is 12.9. The molecule has 96 valence electrons. The van der Waals surface area contributed by atoms with Crippen LogP contribution in [-0.2, 0) is 6.42 Å². The van der Waals surface area contributed by atoms with Gasteiger partial charge in [-0.15, -0.1) is 0 Å². The lowest BCUT2D eigenvalue weighted by Crippen LogP contribution is -2.36. The minimum absolute atomic E-state index is 0.277. The van der Waals surface area contributed by atoms with E-state index in [-0.39, 0.29) is 6.42 Å². The molecule has 0 aliphatic carbocycles. The number of halogens is 2. The average Bonchev–Trinajstić information content (AvgIpc) is 2.24. The van der Waals surface area contributed by atoms with E-state index in [0.29, 0.717) is 12.0 Å². The number of nitrogens with two attached hydrogens (primary N) is 1. The molecule has 0 bridgehead atoms. The molecule has 0 spiro atoms. The first kappa shape index (κ1) is 14.1. The van der Waals surface area contributed by atoms with E-state index in [0.717, 1.165) is 18.9 Å². The van der Waals surface area contributed by atoms with Crippen LogP contribution in [0.1, 0.15) is 31.7 Å². The first-order chi connectivity index (χ1) is 8.02. The first-order valence-corrected chi connectivity index (χ1v) is 5.91. The minimum atomic E-state index is -0.624. The van der Waals surface area contributed by atoms with Crippen LogP contribution in [0.2, 0.25) is 0 Å². The Morgan fingerprint density at radius 3 is 2.35 bits per heavy atom. The van der Waals surface area contributed by atoms with E-state index in [1.54, 1.807) is 0 Å². The van der Waals surface area contributed by atoms with Gasteiger partial charge in [-0.3, -0.25) is 0 Å². The highest BCUT2D eigenvalue weighted by atomic mass is 19.1. The summed E-state index contributed by atoms with van der Waals surface area (Å²) in [4.78, 5) is 0. The molecule has 0 fully saturated rings. The number of aliphatic hydroxyl groups excluding tert-OH is 1. The van der Waals surface area contributed by atoms with Gasteiger partial charge < -0.3 is 10.8 Å². The van der Waals surface area contributed by atoms with Crippen molar-refractivity contribution in [2.75, 3.05) is 0 Å². The van der Waals surface area contributed by atoms with Gasteiger partial charge in [-0.2, -0.15) is 0 Å². The zero-order valence-electron chi connectivity index (χ0n) is 10.00. The molecule has 2 atom stereocenters. The molecule has 3 N–H and O–H groups in total. The Kier molecular flexibility index (Phi) is 5.51. The third-order valence-corrected chi connectivity index (χ3v) is 2.74. The van der Waals surface area contributed by atoms with Crippen molar-refractivity contribution in [3.8, 4) is 0 Å². The average molecular weight is 243 g/mol. The summed E-state index contributed by atoms with van der Waals surface area (Å²) in [7, 11) is 0. The summed E-state index contributed by atoms with van der Waals surface area (Å²) in [5.74, 6) is -1.23. The van der Waals surface area contributed by atoms with Crippen molar-refractivity contribution in [1.82, 2.24) is 0 Å². The Morgan fingerprint density at radius 2 is 1.82 bits per heavy atom. The fourth-order valence-electron chi connectivity index (χ4n) is 1.76. The topological polar surface area (TPSA) is 46.2 Å². The van der Waals surface area contributed by atoms with Crippen LogP contribution in [0, 0.1) is 11.6 Å². The molecular formula is C13H19F2NO. The number of benzene rings is 1. The smallest absolute Gasteiger partial charge is 0.126 e. The lowest BCUT2D eigenvalue weighted by molar-refractivity contribution is 0.132. The van der Waals surface area contributed by atoms with Crippen LogP contribution in [0.4, 0.5) is 8.78 Å². The van der Waals surface area contributed by atoms with Crippen molar-refractivity contribution in [1.29, 1.82) is 0 Å². The molecule has 2 nitrogen and oxygen atoms in total. The minimum Gasteiger partial charge on any atom is -0.392 e. The highest BCUT2D eigenvalue weighted by Crippen LogP contribution is 2.12. The molecule has 17 heavy (non-hydrogen) atoms. The van der Waals surface area contributed by atoms with Crippen LogP contribution in [-0.4, -0.2) is 17.3 Å². The fraction of sp³-hybridized carbons (Fsp3) is 0.538. The summed E-state index contributed by atoms with van der Waals surface area (Å²) in [5, 5.41) is 9.74. The number of hydrogen-bond donors (Lipinski definition) is 2. The van der Waals surface area contributed by atoms with E-state index in [4.69, 9.17) is 5.73 Å². The lowest BCUT2D eigenvalue weighted by Gasteiger charge is -2.18. The standard InChI is InChI=1S/C13H19F2NO/c1-2-3-4-13(17)12(16)7-9-5-10(14)8-11(15)6-9/h5-6,8,12-13,17H,2-4,7,16H2,1H3/t12?,13-/m0/s1. The van der Waals surface area contributed by atoms with Gasteiger partial charge in [-0.25, -0.2) is 8.78 Å². The van der Waals surface area contributed by atoms with E-state index < -0.39 is 23.8 Å². The van der Waals surface area contributed by atoms with E-state index >= 15 is 0 Å². The molecule has 1 aromatic carbocycles. The molecule has 0 aromatic heterocycles. The molecular weight excluding hydrogens is 224 g/mol. The Morgan fingerprint density at radius 1 is 1.24 bits per heavy atom. The number of aliphatic hydroxyl groups is 1. The van der Waals surface area contributed by atoms with Gasteiger partial charge in [-0.1, -0.05) is 19.8 Å². The van der Waals surface area contributed by atoms with Crippen molar-refractivity contribution >= 4 is 0 Å². The van der Waals surface area contributed by atoms with E-state index in [2.05, 4.69) is 0 Å². The van der Waals surface area contributed by atoms with Crippen LogP contribution in [0.5, 0.6) is 0 Å². The summed E-state index contributed by atoms with van der Waals surface area (Å²) in [6, 6.07) is 2.83. The number of unbranched alkanes of at least 4 members (excludes halogenated alkanes) is 1. The SMILES string of the molecule is CCCC[C@H](O)C(N)Cc1cc(F)cc(F)c1. The van der Waals surface area contributed by atoms with Gasteiger partial charge in [-0.05, 0) is 30.5 Å². The third kappa shape index (κ3) is 4.79. The Labute approximate surface area is 100 Å². The highest BCUT2D eigenvalue weighted by Gasteiger charge is 2.15. The number of hydrogen-bond acceptors (Lipinski definition) is 2. The zero-order chi connectivity index (χ0) is 12.8. The summed E-state index contributed by atoms with van der Waals surface area (Å²) in [6.45, 7) is 2.03. The summed E-state index contributed by atoms with van der Waals surface area (Å²) < 4.78 is 25.9. The summed E-state index contributed by atoms with van der Waals surface area (Å²) >= 11 is 0. The van der Waals surface area contributed by atoms with Gasteiger partial charge >= 0.3 is 0 Å². The zero-order valence-corrected chi connectivity index (χ0v) is 10.00. The van der Waals surface area contributed by atoms with Crippen molar-refractivity contribution < 1.29 is 13.9 Å². The van der Waals surface area contributed by atoms with Crippen LogP contribution in [0.15, 0.2) is 18.2 Å². The molecule has 1 aromatic rings. The molecule has 4 heteroatoms. The molecule has 0 aliphatic heterocycles. The van der Waals surface area contributed by atoms with Crippen LogP contribution >= 0.6 is 0 Å². The predicted octanol–water partition coefficient (Wildman–Crippen LogP) is 2.39. The van der Waals surface area contributed by atoms with Gasteiger partial charge in [0.15, 0.2) is 0 Å². The molecule has 0 saturated carbocycles. The van der Waals surface area contributed by atoms with Gasteiger partial charge in [0.2, 0.25) is 0 Å². The van der Waals surface area contributed by atoms with Crippen molar-refractivity contribution in [3.05, 3.63) is 35.4 Å². The van der Waals surface area contributed by atoms with Crippen LogP contribution in [0.25, 0.3) is 0 Å². The predicted molar refractivity (Wildman–Crippen MR) is 63.6 cm³/mol. The van der Waals surface area contributed by atoms with Gasteiger partial charge in [0.1, 0.15) is 11.6 Å². The van der Waals surface area contributed by atoms with Gasteiger partial charge in [0.25, 0.3) is 0 Å². The van der Waals surface area contributed by atoms with Gasteiger partial charge in [0, 0.05) is 12.1 Å². The summed E-state index contributed by atoms with van der Waals surface area (Å²) in [5.41, 5.74) is 6.27. The molecule has 0 saturated heterocycles. The second kappa shape index (κ2) is 6.67. The number of rotatable bonds is 6. The Hall–Kier alpha value is -1.00. The monoisotopic (exact) mass is 243 g/mol. The third-order valence-electron chi connectivity index (χ3n) is 2.74. The van der Waals surface area contributed by atoms with Crippen molar-refractivity contribution in [3.63, 3.8) is 0 Å². The Bertz CT molecular complexity index is 337. The first-order valence-electron chi connectivity index (χ1n) is 5.91. The van der Waals surface area contributed by atoms with E-state index in [1.165, 1.54) is 12.1 Å².